The van der Waals surface area contributed by atoms with Crippen LogP contribution in [-0.4, -0.2) is 24.6 Å². The van der Waals surface area contributed by atoms with E-state index in [2.05, 4.69) is 15.9 Å². The van der Waals surface area contributed by atoms with Crippen molar-refractivity contribution in [2.45, 2.75) is 11.1 Å². The number of ketones is 1. The number of rotatable bonds is 3. The predicted molar refractivity (Wildman–Crippen MR) is 63.1 cm³/mol. The molecule has 0 aliphatic carbocycles. The van der Waals surface area contributed by atoms with Crippen LogP contribution >= 0.6 is 15.9 Å². The average Bonchev–Trinajstić information content (AvgIpc) is 2.15. The molecule has 15 heavy (non-hydrogen) atoms. The van der Waals surface area contributed by atoms with Crippen LogP contribution in [0.15, 0.2) is 24.3 Å². The second-order valence-corrected chi connectivity index (χ2v) is 6.98. The summed E-state index contributed by atoms with van der Waals surface area (Å²) >= 11 is 2.90. The maximum atomic E-state index is 11.8. The van der Waals surface area contributed by atoms with Crippen LogP contribution in [-0.2, 0) is 9.84 Å². The summed E-state index contributed by atoms with van der Waals surface area (Å²) in [7, 11) is -3.40. The van der Waals surface area contributed by atoms with Crippen LogP contribution in [0.4, 0.5) is 0 Å². The molecule has 1 unspecified atom stereocenters. The predicted octanol–water partition coefficient (Wildman–Crippen LogP) is 1.94. The highest BCUT2D eigenvalue weighted by molar-refractivity contribution is 9.11. The van der Waals surface area contributed by atoms with Crippen LogP contribution < -0.4 is 0 Å². The highest BCUT2D eigenvalue weighted by Gasteiger charge is 2.27. The van der Waals surface area contributed by atoms with E-state index in [0.29, 0.717) is 5.56 Å². The van der Waals surface area contributed by atoms with Gasteiger partial charge >= 0.3 is 0 Å². The number of alkyl halides is 1. The Labute approximate surface area is 97.5 Å². The zero-order valence-corrected chi connectivity index (χ0v) is 10.8. The van der Waals surface area contributed by atoms with Gasteiger partial charge in [0.2, 0.25) is 0 Å². The number of carbonyl (C=O) groups is 1. The SMILES string of the molecule is Cc1ccccc1C(=O)C(Br)S(C)(=O)=O. The molecule has 1 rings (SSSR count). The molecule has 0 N–H and O–H groups in total. The van der Waals surface area contributed by atoms with Gasteiger partial charge in [-0.3, -0.25) is 4.79 Å². The van der Waals surface area contributed by atoms with Gasteiger partial charge in [-0.15, -0.1) is 0 Å². The highest BCUT2D eigenvalue weighted by Crippen LogP contribution is 2.17. The van der Waals surface area contributed by atoms with E-state index in [-0.39, 0.29) is 0 Å². The van der Waals surface area contributed by atoms with Gasteiger partial charge in [-0.05, 0) is 12.5 Å². The van der Waals surface area contributed by atoms with Gasteiger partial charge in [0.25, 0.3) is 0 Å². The number of benzene rings is 1. The van der Waals surface area contributed by atoms with E-state index in [0.717, 1.165) is 11.8 Å². The fourth-order valence-corrected chi connectivity index (χ4v) is 1.93. The first-order valence-corrected chi connectivity index (χ1v) is 7.14. The Morgan fingerprint density at radius 1 is 1.33 bits per heavy atom. The van der Waals surface area contributed by atoms with Crippen molar-refractivity contribution in [1.82, 2.24) is 0 Å². The van der Waals surface area contributed by atoms with Gasteiger partial charge in [0, 0.05) is 11.8 Å². The van der Waals surface area contributed by atoms with E-state index in [1.807, 2.05) is 0 Å². The van der Waals surface area contributed by atoms with Gasteiger partial charge in [-0.1, -0.05) is 40.2 Å². The lowest BCUT2D eigenvalue weighted by molar-refractivity contribution is 0.101. The molecule has 0 aliphatic heterocycles. The molecule has 1 atom stereocenters. The van der Waals surface area contributed by atoms with Gasteiger partial charge in [-0.2, -0.15) is 0 Å². The van der Waals surface area contributed by atoms with Gasteiger partial charge < -0.3 is 0 Å². The van der Waals surface area contributed by atoms with E-state index in [1.165, 1.54) is 0 Å². The zero-order valence-electron chi connectivity index (χ0n) is 8.40. The molecule has 0 radical (unpaired) electrons. The Bertz CT molecular complexity index is 479. The topological polar surface area (TPSA) is 51.2 Å². The fraction of sp³-hybridized carbons (Fsp3) is 0.300. The standard InChI is InChI=1S/C10H11BrO3S/c1-7-5-3-4-6-8(7)9(12)10(11)15(2,13)14/h3-6,10H,1-2H3. The van der Waals surface area contributed by atoms with Gasteiger partial charge in [-0.25, -0.2) is 8.42 Å². The molecular weight excluding hydrogens is 280 g/mol. The number of carbonyl (C=O) groups excluding carboxylic acids is 1. The first kappa shape index (κ1) is 12.4. The minimum atomic E-state index is -3.40. The zero-order chi connectivity index (χ0) is 11.6. The van der Waals surface area contributed by atoms with E-state index >= 15 is 0 Å². The lowest BCUT2D eigenvalue weighted by Crippen LogP contribution is -2.24. The van der Waals surface area contributed by atoms with Crippen molar-refractivity contribution >= 4 is 31.6 Å². The number of sulfone groups is 1. The van der Waals surface area contributed by atoms with E-state index in [9.17, 15) is 13.2 Å². The number of halogens is 1. The molecule has 0 saturated carbocycles. The van der Waals surface area contributed by atoms with E-state index < -0.39 is 19.8 Å². The molecule has 82 valence electrons. The van der Waals surface area contributed by atoms with Crippen molar-refractivity contribution in [2.24, 2.45) is 0 Å². The first-order chi connectivity index (χ1) is 6.84. The molecule has 1 aromatic rings. The van der Waals surface area contributed by atoms with Crippen LogP contribution in [0, 0.1) is 6.92 Å². The fourth-order valence-electron chi connectivity index (χ4n) is 1.17. The maximum Gasteiger partial charge on any atom is 0.191 e. The van der Waals surface area contributed by atoms with Crippen molar-refractivity contribution in [3.05, 3.63) is 35.4 Å². The lowest BCUT2D eigenvalue weighted by Gasteiger charge is -2.08. The van der Waals surface area contributed by atoms with Crippen LogP contribution in [0.1, 0.15) is 15.9 Å². The average molecular weight is 291 g/mol. The molecule has 0 spiro atoms. The Hall–Kier alpha value is -0.680. The minimum Gasteiger partial charge on any atom is -0.292 e. The molecule has 0 amide bonds. The summed E-state index contributed by atoms with van der Waals surface area (Å²) in [5.41, 5.74) is 1.21. The number of hydrogen-bond acceptors (Lipinski definition) is 3. The number of Topliss-reactive ketones (excluding diaryl/α,β-unsaturated/α-hetero) is 1. The molecular formula is C10H11BrO3S. The Balaban J connectivity index is 3.12. The molecule has 0 saturated heterocycles. The largest absolute Gasteiger partial charge is 0.292 e. The molecule has 3 nitrogen and oxygen atoms in total. The molecule has 0 bridgehead atoms. The van der Waals surface area contributed by atoms with Gasteiger partial charge in [0.05, 0.1) is 0 Å². The van der Waals surface area contributed by atoms with Crippen LogP contribution in [0.25, 0.3) is 0 Å². The molecule has 0 aliphatic rings. The summed E-state index contributed by atoms with van der Waals surface area (Å²) < 4.78 is 21.2. The van der Waals surface area contributed by atoms with Crippen molar-refractivity contribution in [3.63, 3.8) is 0 Å². The van der Waals surface area contributed by atoms with E-state index in [1.54, 1.807) is 31.2 Å². The third-order valence-corrected chi connectivity index (χ3v) is 5.41. The molecule has 0 fully saturated rings. The quantitative estimate of drug-likeness (QED) is 0.631. The summed E-state index contributed by atoms with van der Waals surface area (Å²) in [5.74, 6) is -0.421. The van der Waals surface area contributed by atoms with Crippen molar-refractivity contribution in [3.8, 4) is 0 Å². The Morgan fingerprint density at radius 3 is 2.33 bits per heavy atom. The third kappa shape index (κ3) is 2.89. The minimum absolute atomic E-state index is 0.421. The second kappa shape index (κ2) is 4.45. The van der Waals surface area contributed by atoms with Crippen LogP contribution in [0.2, 0.25) is 0 Å². The number of hydrogen-bond donors (Lipinski definition) is 0. The summed E-state index contributed by atoms with van der Waals surface area (Å²) in [4.78, 5) is 11.8. The monoisotopic (exact) mass is 290 g/mol. The lowest BCUT2D eigenvalue weighted by atomic mass is 10.1. The molecule has 0 aromatic heterocycles. The van der Waals surface area contributed by atoms with E-state index in [4.69, 9.17) is 0 Å². The second-order valence-electron chi connectivity index (χ2n) is 3.32. The van der Waals surface area contributed by atoms with Crippen LogP contribution in [0.5, 0.6) is 0 Å². The normalized spacial score (nSPS) is 13.5. The smallest absolute Gasteiger partial charge is 0.191 e. The first-order valence-electron chi connectivity index (χ1n) is 4.27. The summed E-state index contributed by atoms with van der Waals surface area (Å²) in [6.07, 6.45) is 1.03. The van der Waals surface area contributed by atoms with Crippen molar-refractivity contribution in [1.29, 1.82) is 0 Å². The summed E-state index contributed by atoms with van der Waals surface area (Å²) in [6.45, 7) is 1.77. The summed E-state index contributed by atoms with van der Waals surface area (Å²) in [6, 6.07) is 6.91. The van der Waals surface area contributed by atoms with Gasteiger partial charge in [0.1, 0.15) is 0 Å². The molecule has 5 heteroatoms. The molecule has 0 heterocycles. The maximum absolute atomic E-state index is 11.8. The Kier molecular flexibility index (Phi) is 3.67. The highest BCUT2D eigenvalue weighted by atomic mass is 79.9. The van der Waals surface area contributed by atoms with Gasteiger partial charge in [0.15, 0.2) is 19.8 Å². The molecule has 1 aromatic carbocycles. The van der Waals surface area contributed by atoms with Crippen molar-refractivity contribution in [2.75, 3.05) is 6.26 Å². The number of aryl methyl sites for hydroxylation is 1. The summed E-state index contributed by atoms with van der Waals surface area (Å²) in [5, 5.41) is 0. The van der Waals surface area contributed by atoms with Crippen molar-refractivity contribution < 1.29 is 13.2 Å². The third-order valence-electron chi connectivity index (χ3n) is 1.99. The van der Waals surface area contributed by atoms with Crippen LogP contribution in [0.3, 0.4) is 0 Å². The Morgan fingerprint density at radius 2 is 1.87 bits per heavy atom.